The summed E-state index contributed by atoms with van der Waals surface area (Å²) >= 11 is 9.37. The molecule has 2 aliphatic rings. The molecular formula is C24H25BrClFN4O2. The van der Waals surface area contributed by atoms with Crippen molar-refractivity contribution >= 4 is 49.9 Å². The largest absolute Gasteiger partial charge is 0.493 e. The van der Waals surface area contributed by atoms with Gasteiger partial charge >= 0.3 is 0 Å². The fraction of sp³-hybridized carbons (Fsp3) is 0.417. The van der Waals surface area contributed by atoms with Crippen LogP contribution in [-0.2, 0) is 0 Å². The van der Waals surface area contributed by atoms with E-state index in [1.54, 1.807) is 7.11 Å². The molecule has 2 fully saturated rings. The quantitative estimate of drug-likeness (QED) is 0.397. The zero-order chi connectivity index (χ0) is 23.1. The molecule has 1 aromatic heterocycles. The van der Waals surface area contributed by atoms with E-state index in [1.807, 2.05) is 12.1 Å². The summed E-state index contributed by atoms with van der Waals surface area (Å²) in [5, 5.41) is 4.11. The Hall–Kier alpha value is -2.16. The first-order chi connectivity index (χ1) is 15.9. The van der Waals surface area contributed by atoms with Gasteiger partial charge in [0.1, 0.15) is 18.0 Å². The first-order valence-corrected chi connectivity index (χ1v) is 12.1. The Balaban J connectivity index is 1.37. The highest BCUT2D eigenvalue weighted by Crippen LogP contribution is 2.42. The van der Waals surface area contributed by atoms with Crippen molar-refractivity contribution in [3.8, 4) is 11.5 Å². The average molecular weight is 536 g/mol. The Bertz CT molecular complexity index is 1180. The van der Waals surface area contributed by atoms with Gasteiger partial charge in [0.15, 0.2) is 11.5 Å². The number of likely N-dealkylation sites (tertiary alicyclic amines) is 1. The summed E-state index contributed by atoms with van der Waals surface area (Å²) in [7, 11) is 3.81. The highest BCUT2D eigenvalue weighted by atomic mass is 79.9. The number of ether oxygens (including phenoxy) is 2. The Labute approximate surface area is 205 Å². The highest BCUT2D eigenvalue weighted by molar-refractivity contribution is 9.10. The van der Waals surface area contributed by atoms with E-state index in [1.165, 1.54) is 44.4 Å². The standard InChI is InChI=1S/C24H25BrClFN4O2/c1-31-9-14-3-13(4-15(14)10-31)11-33-23-8-20-16(5-22(23)32-2)24(29-12-28-20)30-21-7-18(26)17(25)6-19(21)27/h5-8,12-15H,3-4,9-11H2,1-2H3,(H,28,29,30)/t13?,14-,15+. The molecule has 3 aromatic rings. The summed E-state index contributed by atoms with van der Waals surface area (Å²) in [4.78, 5) is 11.1. The molecule has 1 aliphatic heterocycles. The van der Waals surface area contributed by atoms with Crippen LogP contribution in [0.4, 0.5) is 15.9 Å². The van der Waals surface area contributed by atoms with E-state index < -0.39 is 5.82 Å². The zero-order valence-electron chi connectivity index (χ0n) is 18.4. The first kappa shape index (κ1) is 22.6. The van der Waals surface area contributed by atoms with E-state index in [0.717, 1.165) is 11.8 Å². The van der Waals surface area contributed by atoms with Crippen LogP contribution in [0.5, 0.6) is 11.5 Å². The molecule has 33 heavy (non-hydrogen) atoms. The number of nitrogens with one attached hydrogen (secondary N) is 1. The molecule has 1 saturated carbocycles. The molecule has 1 aliphatic carbocycles. The van der Waals surface area contributed by atoms with Gasteiger partial charge in [0.05, 0.1) is 29.9 Å². The summed E-state index contributed by atoms with van der Waals surface area (Å²) in [5.41, 5.74) is 0.900. The monoisotopic (exact) mass is 534 g/mol. The summed E-state index contributed by atoms with van der Waals surface area (Å²) in [6.45, 7) is 3.05. The van der Waals surface area contributed by atoms with Crippen molar-refractivity contribution in [2.45, 2.75) is 12.8 Å². The lowest BCUT2D eigenvalue weighted by Crippen LogP contribution is -2.18. The van der Waals surface area contributed by atoms with E-state index in [4.69, 9.17) is 21.1 Å². The Morgan fingerprint density at radius 1 is 1.15 bits per heavy atom. The minimum absolute atomic E-state index is 0.222. The minimum Gasteiger partial charge on any atom is -0.493 e. The lowest BCUT2D eigenvalue weighted by molar-refractivity contribution is 0.227. The Morgan fingerprint density at radius 2 is 1.91 bits per heavy atom. The van der Waals surface area contributed by atoms with Gasteiger partial charge < -0.3 is 19.7 Å². The first-order valence-electron chi connectivity index (χ1n) is 11.0. The van der Waals surface area contributed by atoms with E-state index in [0.29, 0.717) is 50.2 Å². The SMILES string of the molecule is COc1cc2c(Nc3cc(Cl)c(Br)cc3F)ncnc2cc1OCC1C[C@@H]2CN(C)C[C@@H]2C1. The number of anilines is 2. The molecule has 1 N–H and O–H groups in total. The van der Waals surface area contributed by atoms with Crippen LogP contribution in [0.3, 0.4) is 0 Å². The van der Waals surface area contributed by atoms with Crippen molar-refractivity contribution in [3.05, 3.63) is 45.9 Å². The number of fused-ring (bicyclic) bond motifs is 2. The Morgan fingerprint density at radius 3 is 2.64 bits per heavy atom. The molecule has 0 spiro atoms. The van der Waals surface area contributed by atoms with Crippen molar-refractivity contribution in [1.82, 2.24) is 14.9 Å². The molecule has 0 radical (unpaired) electrons. The van der Waals surface area contributed by atoms with Crippen LogP contribution < -0.4 is 14.8 Å². The number of benzene rings is 2. The van der Waals surface area contributed by atoms with E-state index in [-0.39, 0.29) is 5.69 Å². The van der Waals surface area contributed by atoms with Crippen LogP contribution in [-0.4, -0.2) is 48.7 Å². The third-order valence-corrected chi connectivity index (χ3v) is 7.89. The highest BCUT2D eigenvalue weighted by Gasteiger charge is 2.39. The van der Waals surface area contributed by atoms with E-state index in [2.05, 4.69) is 43.2 Å². The number of nitrogens with zero attached hydrogens (tertiary/aromatic N) is 3. The normalized spacial score (nSPS) is 22.5. The molecule has 0 amide bonds. The van der Waals surface area contributed by atoms with Crippen LogP contribution in [0.25, 0.3) is 10.9 Å². The van der Waals surface area contributed by atoms with Crippen LogP contribution in [0.1, 0.15) is 12.8 Å². The van der Waals surface area contributed by atoms with Crippen LogP contribution in [0, 0.1) is 23.6 Å². The average Bonchev–Trinajstić information content (AvgIpc) is 3.32. The summed E-state index contributed by atoms with van der Waals surface area (Å²) < 4.78 is 26.7. The smallest absolute Gasteiger partial charge is 0.163 e. The van der Waals surface area contributed by atoms with Gasteiger partial charge in [-0.25, -0.2) is 14.4 Å². The van der Waals surface area contributed by atoms with Gasteiger partial charge in [-0.15, -0.1) is 0 Å². The maximum absolute atomic E-state index is 14.4. The molecule has 174 valence electrons. The number of hydrogen-bond donors (Lipinski definition) is 1. The molecule has 5 rings (SSSR count). The maximum atomic E-state index is 14.4. The number of aromatic nitrogens is 2. The molecular weight excluding hydrogens is 511 g/mol. The number of rotatable bonds is 6. The molecule has 3 atom stereocenters. The fourth-order valence-corrected chi connectivity index (χ4v) is 5.66. The lowest BCUT2D eigenvalue weighted by atomic mass is 10.0. The van der Waals surface area contributed by atoms with Crippen molar-refractivity contribution in [3.63, 3.8) is 0 Å². The molecule has 2 aromatic carbocycles. The second kappa shape index (κ2) is 9.24. The molecule has 6 nitrogen and oxygen atoms in total. The summed E-state index contributed by atoms with van der Waals surface area (Å²) in [6, 6.07) is 6.51. The third kappa shape index (κ3) is 4.61. The van der Waals surface area contributed by atoms with Gasteiger partial charge in [-0.2, -0.15) is 0 Å². The molecule has 1 saturated heterocycles. The van der Waals surface area contributed by atoms with Crippen molar-refractivity contribution in [1.29, 1.82) is 0 Å². The lowest BCUT2D eigenvalue weighted by Gasteiger charge is -2.17. The maximum Gasteiger partial charge on any atom is 0.163 e. The number of methoxy groups -OCH3 is 1. The van der Waals surface area contributed by atoms with Gasteiger partial charge in [0.25, 0.3) is 0 Å². The zero-order valence-corrected chi connectivity index (χ0v) is 20.8. The van der Waals surface area contributed by atoms with Crippen LogP contribution >= 0.6 is 27.5 Å². The molecule has 1 unspecified atom stereocenters. The van der Waals surface area contributed by atoms with Gasteiger partial charge in [-0.1, -0.05) is 11.6 Å². The van der Waals surface area contributed by atoms with Crippen LogP contribution in [0.2, 0.25) is 5.02 Å². The summed E-state index contributed by atoms with van der Waals surface area (Å²) in [6.07, 6.45) is 3.86. The topological polar surface area (TPSA) is 59.5 Å². The molecule has 9 heteroatoms. The van der Waals surface area contributed by atoms with E-state index in [9.17, 15) is 4.39 Å². The van der Waals surface area contributed by atoms with Crippen molar-refractivity contribution < 1.29 is 13.9 Å². The minimum atomic E-state index is -0.447. The molecule has 2 heterocycles. The van der Waals surface area contributed by atoms with Gasteiger partial charge in [0.2, 0.25) is 0 Å². The van der Waals surface area contributed by atoms with Gasteiger partial charge in [-0.05, 0) is 71.8 Å². The second-order valence-electron chi connectivity index (χ2n) is 9.00. The predicted octanol–water partition coefficient (Wildman–Crippen LogP) is 5.90. The van der Waals surface area contributed by atoms with E-state index >= 15 is 0 Å². The fourth-order valence-electron chi connectivity index (χ4n) is 5.19. The van der Waals surface area contributed by atoms with Gasteiger partial charge in [0, 0.05) is 29.0 Å². The van der Waals surface area contributed by atoms with Crippen molar-refractivity contribution in [2.75, 3.05) is 39.2 Å². The third-order valence-electron chi connectivity index (χ3n) is 6.69. The predicted molar refractivity (Wildman–Crippen MR) is 131 cm³/mol. The Kier molecular flexibility index (Phi) is 6.33. The second-order valence-corrected chi connectivity index (χ2v) is 10.3. The number of hydrogen-bond acceptors (Lipinski definition) is 6. The molecule has 0 bridgehead atoms. The van der Waals surface area contributed by atoms with Gasteiger partial charge in [-0.3, -0.25) is 0 Å². The van der Waals surface area contributed by atoms with Crippen molar-refractivity contribution in [2.24, 2.45) is 17.8 Å². The summed E-state index contributed by atoms with van der Waals surface area (Å²) in [5.74, 6) is 3.38. The van der Waals surface area contributed by atoms with Crippen LogP contribution in [0.15, 0.2) is 35.1 Å². The number of halogens is 3.